The lowest BCUT2D eigenvalue weighted by molar-refractivity contribution is 0.0707. The standard InChI is InChI=1S/C30H51NO5Si/c1-9-34-37(35-10-2,36-11-3)24-14-22-31-29(32)33-23-20-26(5)16-12-15-25(4)18-19-28-27(6)17-13-21-30(28,7)8/h12,15-16,18-20H,9-11,13-14,17,21-24H2,1-8H3,(H,31,32). The van der Waals surface area contributed by atoms with E-state index in [9.17, 15) is 4.79 Å². The molecule has 1 aliphatic rings. The summed E-state index contributed by atoms with van der Waals surface area (Å²) in [5.41, 5.74) is 5.47. The van der Waals surface area contributed by atoms with E-state index >= 15 is 0 Å². The van der Waals surface area contributed by atoms with E-state index < -0.39 is 14.9 Å². The summed E-state index contributed by atoms with van der Waals surface area (Å²) in [6.45, 7) is 19.2. The zero-order valence-corrected chi connectivity index (χ0v) is 25.6. The lowest BCUT2D eigenvalue weighted by Crippen LogP contribution is -2.46. The van der Waals surface area contributed by atoms with Crippen molar-refractivity contribution in [2.24, 2.45) is 5.41 Å². The van der Waals surface area contributed by atoms with Gasteiger partial charge < -0.3 is 23.3 Å². The van der Waals surface area contributed by atoms with Crippen LogP contribution in [0.5, 0.6) is 0 Å². The van der Waals surface area contributed by atoms with E-state index in [1.165, 1.54) is 36.0 Å². The summed E-state index contributed by atoms with van der Waals surface area (Å²) in [7, 11) is -2.67. The first kappa shape index (κ1) is 33.1. The fourth-order valence-electron chi connectivity index (χ4n) is 4.50. The maximum Gasteiger partial charge on any atom is 0.500 e. The molecule has 0 saturated carbocycles. The summed E-state index contributed by atoms with van der Waals surface area (Å²) >= 11 is 0. The molecule has 0 radical (unpaired) electrons. The Balaban J connectivity index is 2.44. The summed E-state index contributed by atoms with van der Waals surface area (Å²) in [4.78, 5) is 12.0. The van der Waals surface area contributed by atoms with Crippen LogP contribution in [0.15, 0.2) is 58.7 Å². The number of amides is 1. The highest BCUT2D eigenvalue weighted by atomic mass is 28.4. The Morgan fingerprint density at radius 2 is 1.68 bits per heavy atom. The minimum Gasteiger partial charge on any atom is -0.445 e. The second-order valence-electron chi connectivity index (χ2n) is 10.1. The fraction of sp³-hybridized carbons (Fsp3) is 0.633. The molecule has 1 amide bonds. The average molecular weight is 534 g/mol. The van der Waals surface area contributed by atoms with Gasteiger partial charge in [-0.05, 0) is 84.3 Å². The largest absolute Gasteiger partial charge is 0.500 e. The molecule has 0 aromatic heterocycles. The number of nitrogens with one attached hydrogen (secondary N) is 1. The Labute approximate surface area is 227 Å². The Hall–Kier alpha value is -1.93. The van der Waals surface area contributed by atoms with Crippen molar-refractivity contribution in [2.45, 2.75) is 87.1 Å². The molecule has 1 aliphatic carbocycles. The summed E-state index contributed by atoms with van der Waals surface area (Å²) in [6.07, 6.45) is 16.5. The molecule has 0 aromatic carbocycles. The first-order valence-corrected chi connectivity index (χ1v) is 15.7. The highest BCUT2D eigenvalue weighted by Crippen LogP contribution is 2.40. The zero-order chi connectivity index (χ0) is 27.7. The van der Waals surface area contributed by atoms with Crippen LogP contribution in [0.1, 0.15) is 81.1 Å². The van der Waals surface area contributed by atoms with Gasteiger partial charge in [-0.25, -0.2) is 4.79 Å². The van der Waals surface area contributed by atoms with Crippen LogP contribution < -0.4 is 5.32 Å². The van der Waals surface area contributed by atoms with Gasteiger partial charge in [-0.2, -0.15) is 0 Å². The Morgan fingerprint density at radius 1 is 1.03 bits per heavy atom. The molecule has 6 nitrogen and oxygen atoms in total. The number of ether oxygens (including phenoxy) is 1. The number of hydrogen-bond donors (Lipinski definition) is 1. The minimum atomic E-state index is -2.67. The maximum atomic E-state index is 12.0. The highest BCUT2D eigenvalue weighted by Gasteiger charge is 2.39. The van der Waals surface area contributed by atoms with Gasteiger partial charge in [-0.3, -0.25) is 0 Å². The molecule has 1 N–H and O–H groups in total. The van der Waals surface area contributed by atoms with E-state index in [2.05, 4.69) is 51.2 Å². The molecular weight excluding hydrogens is 482 g/mol. The van der Waals surface area contributed by atoms with Gasteiger partial charge in [0.15, 0.2) is 0 Å². The van der Waals surface area contributed by atoms with Crippen molar-refractivity contribution in [3.05, 3.63) is 58.7 Å². The first-order chi connectivity index (χ1) is 17.6. The number of carbonyl (C=O) groups excluding carboxylic acids is 1. The number of hydrogen-bond acceptors (Lipinski definition) is 5. The second-order valence-corrected chi connectivity index (χ2v) is 12.8. The molecule has 210 valence electrons. The number of carbonyl (C=O) groups is 1. The van der Waals surface area contributed by atoms with Crippen LogP contribution >= 0.6 is 0 Å². The maximum absolute atomic E-state index is 12.0. The van der Waals surface area contributed by atoms with Crippen LogP contribution in [0, 0.1) is 5.41 Å². The van der Waals surface area contributed by atoms with Crippen molar-refractivity contribution < 1.29 is 22.8 Å². The Kier molecular flexibility index (Phi) is 15.7. The van der Waals surface area contributed by atoms with Gasteiger partial charge in [-0.15, -0.1) is 0 Å². The van der Waals surface area contributed by atoms with Crippen LogP contribution in [-0.2, 0) is 18.0 Å². The van der Waals surface area contributed by atoms with Gasteiger partial charge >= 0.3 is 14.9 Å². The fourth-order valence-corrected chi connectivity index (χ4v) is 7.11. The lowest BCUT2D eigenvalue weighted by Gasteiger charge is -2.32. The third-order valence-corrected chi connectivity index (χ3v) is 9.57. The number of allylic oxidation sites excluding steroid dienone is 9. The molecule has 0 fully saturated rings. The summed E-state index contributed by atoms with van der Waals surface area (Å²) in [5, 5.41) is 2.79. The Bertz CT molecular complexity index is 837. The smallest absolute Gasteiger partial charge is 0.445 e. The third kappa shape index (κ3) is 12.9. The van der Waals surface area contributed by atoms with Crippen molar-refractivity contribution in [1.82, 2.24) is 5.32 Å². The van der Waals surface area contributed by atoms with Gasteiger partial charge in [0.25, 0.3) is 0 Å². The normalized spacial score (nSPS) is 17.2. The number of rotatable bonds is 16. The van der Waals surface area contributed by atoms with E-state index in [1.54, 1.807) is 0 Å². The van der Waals surface area contributed by atoms with E-state index in [4.69, 9.17) is 18.0 Å². The zero-order valence-electron chi connectivity index (χ0n) is 24.6. The van der Waals surface area contributed by atoms with Crippen LogP contribution in [0.3, 0.4) is 0 Å². The molecule has 0 aliphatic heterocycles. The van der Waals surface area contributed by atoms with E-state index in [0.29, 0.717) is 38.8 Å². The predicted molar refractivity (Wildman–Crippen MR) is 156 cm³/mol. The summed E-state index contributed by atoms with van der Waals surface area (Å²) in [5.74, 6) is 0. The van der Waals surface area contributed by atoms with E-state index in [0.717, 1.165) is 5.57 Å². The van der Waals surface area contributed by atoms with Gasteiger partial charge in [0, 0.05) is 32.4 Å². The van der Waals surface area contributed by atoms with Gasteiger partial charge in [0.2, 0.25) is 0 Å². The van der Waals surface area contributed by atoms with Crippen LogP contribution in [-0.4, -0.2) is 47.9 Å². The molecule has 1 rings (SSSR count). The van der Waals surface area contributed by atoms with Crippen molar-refractivity contribution >= 4 is 14.9 Å². The molecule has 0 atom stereocenters. The molecule has 0 heterocycles. The van der Waals surface area contributed by atoms with E-state index in [-0.39, 0.29) is 12.0 Å². The second kappa shape index (κ2) is 17.6. The SMILES string of the molecule is CCO[Si](CCCNC(=O)OCC=C(C)C=CC=C(C)C=CC1=C(C)CCCC1(C)C)(OCC)OCC. The van der Waals surface area contributed by atoms with E-state index in [1.807, 2.05) is 45.9 Å². The average Bonchev–Trinajstić information content (AvgIpc) is 2.82. The van der Waals surface area contributed by atoms with Crippen molar-refractivity contribution in [2.75, 3.05) is 33.0 Å². The monoisotopic (exact) mass is 533 g/mol. The quantitative estimate of drug-likeness (QED) is 0.125. The van der Waals surface area contributed by atoms with Crippen LogP contribution in [0.4, 0.5) is 4.79 Å². The molecule has 7 heteroatoms. The molecule has 0 aromatic rings. The molecule has 0 bridgehead atoms. The topological polar surface area (TPSA) is 66.0 Å². The predicted octanol–water partition coefficient (Wildman–Crippen LogP) is 7.68. The molecule has 0 spiro atoms. The van der Waals surface area contributed by atoms with Crippen molar-refractivity contribution in [3.63, 3.8) is 0 Å². The number of alkyl carbamates (subject to hydrolysis) is 1. The molecular formula is C30H51NO5Si. The van der Waals surface area contributed by atoms with Gasteiger partial charge in [0.05, 0.1) is 0 Å². The first-order valence-electron chi connectivity index (χ1n) is 13.8. The minimum absolute atomic E-state index is 0.225. The Morgan fingerprint density at radius 3 is 2.27 bits per heavy atom. The van der Waals surface area contributed by atoms with Crippen LogP contribution in [0.25, 0.3) is 0 Å². The van der Waals surface area contributed by atoms with Crippen molar-refractivity contribution in [1.29, 1.82) is 0 Å². The molecule has 37 heavy (non-hydrogen) atoms. The lowest BCUT2D eigenvalue weighted by atomic mass is 9.72. The summed E-state index contributed by atoms with van der Waals surface area (Å²) in [6, 6.07) is 0.656. The van der Waals surface area contributed by atoms with Crippen molar-refractivity contribution in [3.8, 4) is 0 Å². The summed E-state index contributed by atoms with van der Waals surface area (Å²) < 4.78 is 22.8. The van der Waals surface area contributed by atoms with Crippen LogP contribution in [0.2, 0.25) is 6.04 Å². The molecule has 0 unspecified atom stereocenters. The van der Waals surface area contributed by atoms with Gasteiger partial charge in [-0.1, -0.05) is 60.9 Å². The highest BCUT2D eigenvalue weighted by molar-refractivity contribution is 6.60. The third-order valence-electron chi connectivity index (χ3n) is 6.42. The van der Waals surface area contributed by atoms with Gasteiger partial charge in [0.1, 0.15) is 6.61 Å². The molecule has 0 saturated heterocycles.